The topological polar surface area (TPSA) is 50.7 Å². The van der Waals surface area contributed by atoms with Crippen molar-refractivity contribution in [3.8, 4) is 0 Å². The zero-order valence-corrected chi connectivity index (χ0v) is 4.93. The number of halogens is 1. The van der Waals surface area contributed by atoms with Crippen molar-refractivity contribution in [2.75, 3.05) is 13.7 Å². The van der Waals surface area contributed by atoms with Gasteiger partial charge in [0.25, 0.3) is 5.91 Å². The van der Waals surface area contributed by atoms with Crippen molar-refractivity contribution in [3.63, 3.8) is 0 Å². The molecule has 0 aromatic carbocycles. The van der Waals surface area contributed by atoms with Gasteiger partial charge in [0.05, 0.1) is 0 Å². The molecule has 0 saturated heterocycles. The molecule has 0 fully saturated rings. The Bertz CT molecular complexity index is 115. The maximum Gasteiger partial charge on any atom is 0.266 e. The molecule has 0 heterocycles. The number of rotatable bonds is 3. The third kappa shape index (κ3) is 4.89. The van der Waals surface area contributed by atoms with Crippen LogP contribution < -0.4 is 5.43 Å². The fraction of sp³-hybridized carbons (Fsp3) is 0.500. The average Bonchev–Trinajstić information content (AvgIpc) is 1.85. The molecule has 0 unspecified atom stereocenters. The Balaban J connectivity index is 3.27. The normalized spacial score (nSPS) is 10.0. The Hall–Kier alpha value is -0.970. The summed E-state index contributed by atoms with van der Waals surface area (Å²) in [4.78, 5) is 10.3. The summed E-state index contributed by atoms with van der Waals surface area (Å²) in [6.07, 6.45) is 0. The molecule has 0 atom stereocenters. The molecule has 0 radical (unpaired) electrons. The van der Waals surface area contributed by atoms with Gasteiger partial charge in [-0.3, -0.25) is 4.79 Å². The summed E-state index contributed by atoms with van der Waals surface area (Å²) in [5.74, 6) is -0.480. The van der Waals surface area contributed by atoms with Crippen molar-refractivity contribution < 1.29 is 13.9 Å². The molecule has 5 heteroatoms. The number of hydrogen-bond acceptors (Lipinski definition) is 3. The standard InChI is InChI=1S/C4H7FN2O2/c1-9-2-4(8)7-6-3-5/h3H,2H2,1H3,(H,7,8). The highest BCUT2D eigenvalue weighted by Gasteiger charge is 1.93. The first-order valence-corrected chi connectivity index (χ1v) is 2.20. The summed E-state index contributed by atoms with van der Waals surface area (Å²) in [7, 11) is 1.36. The van der Waals surface area contributed by atoms with Gasteiger partial charge in [0.2, 0.25) is 0 Å². The van der Waals surface area contributed by atoms with Crippen molar-refractivity contribution in [3.05, 3.63) is 0 Å². The molecule has 0 saturated carbocycles. The summed E-state index contributed by atoms with van der Waals surface area (Å²) < 4.78 is 15.4. The van der Waals surface area contributed by atoms with Gasteiger partial charge in [0, 0.05) is 7.11 Å². The second kappa shape index (κ2) is 5.17. The average molecular weight is 134 g/mol. The monoisotopic (exact) mass is 134 g/mol. The first-order chi connectivity index (χ1) is 4.31. The van der Waals surface area contributed by atoms with Gasteiger partial charge in [0.1, 0.15) is 6.61 Å². The Morgan fingerprint density at radius 1 is 2.00 bits per heavy atom. The molecule has 52 valence electrons. The van der Waals surface area contributed by atoms with Crippen LogP contribution in [0.4, 0.5) is 4.39 Å². The smallest absolute Gasteiger partial charge is 0.266 e. The van der Waals surface area contributed by atoms with Crippen LogP contribution >= 0.6 is 0 Å². The lowest BCUT2D eigenvalue weighted by molar-refractivity contribution is -0.124. The van der Waals surface area contributed by atoms with E-state index in [1.165, 1.54) is 7.11 Å². The van der Waals surface area contributed by atoms with E-state index in [1.807, 2.05) is 5.43 Å². The minimum absolute atomic E-state index is 0.00639. The fourth-order valence-electron chi connectivity index (χ4n) is 0.260. The molecule has 1 N–H and O–H groups in total. The van der Waals surface area contributed by atoms with E-state index in [1.54, 1.807) is 0 Å². The van der Waals surface area contributed by atoms with Crippen molar-refractivity contribution in [2.24, 2.45) is 5.10 Å². The largest absolute Gasteiger partial charge is 0.375 e. The van der Waals surface area contributed by atoms with Crippen LogP contribution in [0.5, 0.6) is 0 Å². The third-order valence-electron chi connectivity index (χ3n) is 0.513. The van der Waals surface area contributed by atoms with E-state index in [0.29, 0.717) is 0 Å². The zero-order valence-electron chi connectivity index (χ0n) is 4.93. The molecule has 0 aliphatic carbocycles. The van der Waals surface area contributed by atoms with Gasteiger partial charge in [-0.25, -0.2) is 5.43 Å². The predicted octanol–water partition coefficient (Wildman–Crippen LogP) is -0.338. The molecule has 0 aromatic rings. The van der Waals surface area contributed by atoms with Gasteiger partial charge < -0.3 is 4.74 Å². The lowest BCUT2D eigenvalue weighted by Gasteiger charge is -1.93. The van der Waals surface area contributed by atoms with E-state index in [-0.39, 0.29) is 13.1 Å². The summed E-state index contributed by atoms with van der Waals surface area (Å²) in [6, 6.07) is 0. The van der Waals surface area contributed by atoms with Gasteiger partial charge in [-0.2, -0.15) is 9.49 Å². The first kappa shape index (κ1) is 8.03. The van der Waals surface area contributed by atoms with Crippen LogP contribution in [0.1, 0.15) is 0 Å². The molecule has 0 spiro atoms. The van der Waals surface area contributed by atoms with Crippen molar-refractivity contribution in [1.29, 1.82) is 0 Å². The van der Waals surface area contributed by atoms with Gasteiger partial charge in [-0.15, -0.1) is 0 Å². The Labute approximate surface area is 51.7 Å². The van der Waals surface area contributed by atoms with Crippen molar-refractivity contribution in [1.82, 2.24) is 5.43 Å². The van der Waals surface area contributed by atoms with E-state index in [0.717, 1.165) is 0 Å². The number of nitrogens with zero attached hydrogens (tertiary/aromatic N) is 1. The molecule has 4 nitrogen and oxygen atoms in total. The molecular formula is C4H7FN2O2. The zero-order chi connectivity index (χ0) is 7.11. The lowest BCUT2D eigenvalue weighted by atomic mass is 10.7. The van der Waals surface area contributed by atoms with Gasteiger partial charge >= 0.3 is 0 Å². The highest BCUT2D eigenvalue weighted by Crippen LogP contribution is 1.67. The Morgan fingerprint density at radius 3 is 3.11 bits per heavy atom. The highest BCUT2D eigenvalue weighted by atomic mass is 19.1. The van der Waals surface area contributed by atoms with Crippen LogP contribution in [-0.4, -0.2) is 26.1 Å². The molecular weight excluding hydrogens is 127 g/mol. The van der Waals surface area contributed by atoms with Crippen LogP contribution in [0, 0.1) is 0 Å². The van der Waals surface area contributed by atoms with E-state index >= 15 is 0 Å². The molecule has 1 amide bonds. The maximum atomic E-state index is 11.0. The maximum absolute atomic E-state index is 11.0. The second-order valence-electron chi connectivity index (χ2n) is 1.19. The molecule has 0 aliphatic heterocycles. The number of nitrogens with one attached hydrogen (secondary N) is 1. The summed E-state index contributed by atoms with van der Waals surface area (Å²) in [5.41, 5.74) is 1.86. The minimum Gasteiger partial charge on any atom is -0.375 e. The van der Waals surface area contributed by atoms with Gasteiger partial charge in [-0.05, 0) is 0 Å². The third-order valence-corrected chi connectivity index (χ3v) is 0.513. The van der Waals surface area contributed by atoms with Crippen LogP contribution in [-0.2, 0) is 9.53 Å². The van der Waals surface area contributed by atoms with E-state index in [9.17, 15) is 9.18 Å². The second-order valence-corrected chi connectivity index (χ2v) is 1.19. The molecule has 0 rings (SSSR count). The fourth-order valence-corrected chi connectivity index (χ4v) is 0.260. The Morgan fingerprint density at radius 2 is 2.67 bits per heavy atom. The lowest BCUT2D eigenvalue weighted by Crippen LogP contribution is -2.21. The van der Waals surface area contributed by atoms with Crippen molar-refractivity contribution >= 4 is 12.4 Å². The summed E-state index contributed by atoms with van der Waals surface area (Å²) in [6.45, 7) is -0.120. The highest BCUT2D eigenvalue weighted by molar-refractivity contribution is 5.77. The number of methoxy groups -OCH3 is 1. The van der Waals surface area contributed by atoms with Gasteiger partial charge in [-0.1, -0.05) is 0 Å². The first-order valence-electron chi connectivity index (χ1n) is 2.20. The molecule has 0 aliphatic rings. The summed E-state index contributed by atoms with van der Waals surface area (Å²) in [5, 5.41) is 2.82. The number of hydrogen-bond donors (Lipinski definition) is 1. The Kier molecular flexibility index (Phi) is 4.61. The van der Waals surface area contributed by atoms with Crippen LogP contribution in [0.15, 0.2) is 5.10 Å². The van der Waals surface area contributed by atoms with E-state index in [2.05, 4.69) is 9.84 Å². The van der Waals surface area contributed by atoms with E-state index in [4.69, 9.17) is 0 Å². The number of carbonyl (C=O) groups excluding carboxylic acids is 1. The summed E-state index contributed by atoms with van der Waals surface area (Å²) >= 11 is 0. The SMILES string of the molecule is COCC(=O)NN=CF. The van der Waals surface area contributed by atoms with E-state index < -0.39 is 5.91 Å². The van der Waals surface area contributed by atoms with Gasteiger partial charge in [0.15, 0.2) is 6.47 Å². The number of hydrazone groups is 1. The quantitative estimate of drug-likeness (QED) is 0.424. The van der Waals surface area contributed by atoms with Crippen LogP contribution in [0.25, 0.3) is 0 Å². The van der Waals surface area contributed by atoms with Crippen LogP contribution in [0.3, 0.4) is 0 Å². The number of ether oxygens (including phenoxy) is 1. The predicted molar refractivity (Wildman–Crippen MR) is 29.6 cm³/mol. The number of carbonyl (C=O) groups is 1. The number of amides is 1. The molecule has 0 aromatic heterocycles. The molecule has 0 bridgehead atoms. The molecule has 9 heavy (non-hydrogen) atoms. The van der Waals surface area contributed by atoms with Crippen LogP contribution in [0.2, 0.25) is 0 Å². The van der Waals surface area contributed by atoms with Crippen molar-refractivity contribution in [2.45, 2.75) is 0 Å². The minimum atomic E-state index is -0.480.